The topological polar surface area (TPSA) is 71.8 Å². The summed E-state index contributed by atoms with van der Waals surface area (Å²) < 4.78 is 1.65. The third kappa shape index (κ3) is 4.40. The Balaban J connectivity index is 0.00000210. The van der Waals surface area contributed by atoms with Gasteiger partial charge in [-0.25, -0.2) is 4.68 Å². The number of aryl methyl sites for hydroxylation is 1. The largest absolute Gasteiger partial charge is 0.317 e. The molecule has 1 aromatic carbocycles. The van der Waals surface area contributed by atoms with E-state index in [0.29, 0.717) is 21.9 Å². The van der Waals surface area contributed by atoms with Gasteiger partial charge in [0.05, 0.1) is 0 Å². The lowest BCUT2D eigenvalue weighted by Gasteiger charge is -2.19. The lowest BCUT2D eigenvalue weighted by Crippen LogP contribution is -2.27. The number of hydrogen-bond donors (Lipinski definition) is 2. The molecule has 1 saturated heterocycles. The van der Waals surface area contributed by atoms with Crippen LogP contribution in [-0.4, -0.2) is 33.8 Å². The van der Waals surface area contributed by atoms with E-state index in [2.05, 4.69) is 20.7 Å². The number of anilines is 1. The van der Waals surface area contributed by atoms with Gasteiger partial charge in [-0.2, -0.15) is 10.1 Å². The van der Waals surface area contributed by atoms with Crippen LogP contribution in [0.5, 0.6) is 0 Å². The molecule has 1 amide bonds. The maximum Gasteiger partial charge on any atom is 0.230 e. The molecule has 2 atom stereocenters. The SMILES string of the molecule is Cl.Cn1nc(C2CCNCC2)nc1NC(=O)C1CC1c1ccc(Cl)cc1Cl. The van der Waals surface area contributed by atoms with Crippen molar-refractivity contribution >= 4 is 47.5 Å². The molecule has 1 saturated carbocycles. The minimum Gasteiger partial charge on any atom is -0.317 e. The maximum absolute atomic E-state index is 12.6. The lowest BCUT2D eigenvalue weighted by atomic mass is 9.98. The molecule has 2 aromatic rings. The molecule has 2 aliphatic rings. The van der Waals surface area contributed by atoms with Crippen molar-refractivity contribution in [2.45, 2.75) is 31.1 Å². The highest BCUT2D eigenvalue weighted by atomic mass is 35.5. The normalized spacial score (nSPS) is 22.2. The average molecular weight is 431 g/mol. The fourth-order valence-electron chi connectivity index (χ4n) is 3.60. The molecule has 2 heterocycles. The zero-order valence-corrected chi connectivity index (χ0v) is 17.2. The Labute approximate surface area is 174 Å². The predicted octanol–water partition coefficient (Wildman–Crippen LogP) is 3.75. The molecular weight excluding hydrogens is 409 g/mol. The number of piperidine rings is 1. The lowest BCUT2D eigenvalue weighted by molar-refractivity contribution is -0.117. The first-order valence-electron chi connectivity index (χ1n) is 8.90. The molecule has 1 aliphatic carbocycles. The molecule has 2 fully saturated rings. The summed E-state index contributed by atoms with van der Waals surface area (Å²) in [4.78, 5) is 17.2. The van der Waals surface area contributed by atoms with Gasteiger partial charge in [-0.05, 0) is 56.0 Å². The number of aromatic nitrogens is 3. The van der Waals surface area contributed by atoms with Crippen LogP contribution in [0, 0.1) is 5.92 Å². The minimum atomic E-state index is -0.0901. The standard InChI is InChI=1S/C18H21Cl2N5O.ClH/c1-25-18(22-16(24-25)10-4-6-21-7-5-10)23-17(26)14-9-13(14)12-3-2-11(19)8-15(12)20;/h2-3,8,10,13-14,21H,4-7,9H2,1H3,(H,22,23,24,26);1H. The third-order valence-corrected chi connectivity index (χ3v) is 5.77. The van der Waals surface area contributed by atoms with Crippen LogP contribution < -0.4 is 10.6 Å². The van der Waals surface area contributed by atoms with Crippen molar-refractivity contribution < 1.29 is 4.79 Å². The molecule has 2 N–H and O–H groups in total. The van der Waals surface area contributed by atoms with E-state index in [1.165, 1.54) is 0 Å². The maximum atomic E-state index is 12.6. The van der Waals surface area contributed by atoms with Gasteiger partial charge in [-0.1, -0.05) is 29.3 Å². The molecule has 1 aromatic heterocycles. The molecule has 4 rings (SSSR count). The fourth-order valence-corrected chi connectivity index (χ4v) is 4.15. The number of nitrogens with one attached hydrogen (secondary N) is 2. The highest BCUT2D eigenvalue weighted by Gasteiger charge is 2.45. The number of rotatable bonds is 4. The second kappa shape index (κ2) is 8.35. The van der Waals surface area contributed by atoms with Crippen molar-refractivity contribution in [2.24, 2.45) is 13.0 Å². The summed E-state index contributed by atoms with van der Waals surface area (Å²) in [5.74, 6) is 1.70. The van der Waals surface area contributed by atoms with Gasteiger partial charge in [0, 0.05) is 28.9 Å². The zero-order valence-electron chi connectivity index (χ0n) is 14.9. The van der Waals surface area contributed by atoms with Crippen molar-refractivity contribution in [1.29, 1.82) is 0 Å². The molecule has 0 bridgehead atoms. The first-order chi connectivity index (χ1) is 12.5. The molecule has 0 radical (unpaired) electrons. The van der Waals surface area contributed by atoms with Crippen molar-refractivity contribution in [2.75, 3.05) is 18.4 Å². The van der Waals surface area contributed by atoms with E-state index in [1.54, 1.807) is 10.7 Å². The third-order valence-electron chi connectivity index (χ3n) is 5.21. The Morgan fingerprint density at radius 2 is 2.04 bits per heavy atom. The fraction of sp³-hybridized carbons (Fsp3) is 0.500. The monoisotopic (exact) mass is 429 g/mol. The molecule has 146 valence electrons. The zero-order chi connectivity index (χ0) is 18.3. The van der Waals surface area contributed by atoms with Gasteiger partial charge in [0.1, 0.15) is 0 Å². The first-order valence-corrected chi connectivity index (χ1v) is 9.66. The van der Waals surface area contributed by atoms with E-state index in [4.69, 9.17) is 23.2 Å². The molecule has 2 unspecified atom stereocenters. The number of carbonyl (C=O) groups is 1. The van der Waals surface area contributed by atoms with Crippen molar-refractivity contribution in [3.05, 3.63) is 39.6 Å². The van der Waals surface area contributed by atoms with Crippen molar-refractivity contribution in [3.8, 4) is 0 Å². The highest BCUT2D eigenvalue weighted by Crippen LogP contribution is 2.50. The van der Waals surface area contributed by atoms with Crippen LogP contribution in [0.25, 0.3) is 0 Å². The summed E-state index contributed by atoms with van der Waals surface area (Å²) in [5.41, 5.74) is 0.976. The quantitative estimate of drug-likeness (QED) is 0.775. The molecule has 6 nitrogen and oxygen atoms in total. The van der Waals surface area contributed by atoms with Crippen LogP contribution in [0.3, 0.4) is 0 Å². The van der Waals surface area contributed by atoms with E-state index in [9.17, 15) is 4.79 Å². The number of hydrogen-bond acceptors (Lipinski definition) is 4. The Morgan fingerprint density at radius 1 is 1.30 bits per heavy atom. The van der Waals surface area contributed by atoms with Crippen LogP contribution in [-0.2, 0) is 11.8 Å². The van der Waals surface area contributed by atoms with Crippen LogP contribution >= 0.6 is 35.6 Å². The minimum absolute atomic E-state index is 0. The second-order valence-electron chi connectivity index (χ2n) is 7.05. The van der Waals surface area contributed by atoms with Gasteiger partial charge in [-0.15, -0.1) is 12.4 Å². The summed E-state index contributed by atoms with van der Waals surface area (Å²) in [5, 5.41) is 12.0. The number of carbonyl (C=O) groups excluding carboxylic acids is 1. The predicted molar refractivity (Wildman–Crippen MR) is 109 cm³/mol. The summed E-state index contributed by atoms with van der Waals surface area (Å²) in [6, 6.07) is 5.43. The number of nitrogens with zero attached hydrogens (tertiary/aromatic N) is 3. The van der Waals surface area contributed by atoms with Crippen LogP contribution in [0.2, 0.25) is 10.0 Å². The highest BCUT2D eigenvalue weighted by molar-refractivity contribution is 6.35. The van der Waals surface area contributed by atoms with E-state index in [0.717, 1.165) is 43.7 Å². The molecule has 1 aliphatic heterocycles. The van der Waals surface area contributed by atoms with E-state index in [-0.39, 0.29) is 30.2 Å². The number of benzene rings is 1. The second-order valence-corrected chi connectivity index (χ2v) is 7.89. The van der Waals surface area contributed by atoms with Gasteiger partial charge in [0.25, 0.3) is 0 Å². The first kappa shape index (κ1) is 20.4. The van der Waals surface area contributed by atoms with Crippen LogP contribution in [0.4, 0.5) is 5.95 Å². The van der Waals surface area contributed by atoms with Crippen molar-refractivity contribution in [3.63, 3.8) is 0 Å². The van der Waals surface area contributed by atoms with Gasteiger partial charge in [0.2, 0.25) is 11.9 Å². The summed E-state index contributed by atoms with van der Waals surface area (Å²) in [6.45, 7) is 1.96. The van der Waals surface area contributed by atoms with Crippen molar-refractivity contribution in [1.82, 2.24) is 20.1 Å². The van der Waals surface area contributed by atoms with Gasteiger partial charge >= 0.3 is 0 Å². The average Bonchev–Trinajstić information content (AvgIpc) is 3.33. The molecule has 9 heteroatoms. The van der Waals surface area contributed by atoms with E-state index in [1.807, 2.05) is 19.2 Å². The number of amides is 1. The van der Waals surface area contributed by atoms with E-state index >= 15 is 0 Å². The van der Waals surface area contributed by atoms with E-state index < -0.39 is 0 Å². The smallest absolute Gasteiger partial charge is 0.230 e. The summed E-state index contributed by atoms with van der Waals surface area (Å²) in [7, 11) is 1.81. The molecule has 0 spiro atoms. The number of halogens is 3. The van der Waals surface area contributed by atoms with Gasteiger partial charge in [-0.3, -0.25) is 10.1 Å². The Kier molecular flexibility index (Phi) is 6.31. The van der Waals surface area contributed by atoms with Crippen LogP contribution in [0.15, 0.2) is 18.2 Å². The Hall–Kier alpha value is -1.34. The molecule has 27 heavy (non-hydrogen) atoms. The van der Waals surface area contributed by atoms with Gasteiger partial charge < -0.3 is 5.32 Å². The molecular formula is C18H22Cl3N5O. The summed E-state index contributed by atoms with van der Waals surface area (Å²) in [6.07, 6.45) is 2.83. The Bertz CT molecular complexity index is 834. The van der Waals surface area contributed by atoms with Crippen LogP contribution in [0.1, 0.15) is 42.5 Å². The Morgan fingerprint density at radius 3 is 2.74 bits per heavy atom. The summed E-state index contributed by atoms with van der Waals surface area (Å²) >= 11 is 12.2. The van der Waals surface area contributed by atoms with Gasteiger partial charge in [0.15, 0.2) is 5.82 Å².